The predicted molar refractivity (Wildman–Crippen MR) is 207 cm³/mol. The molecule has 0 radical (unpaired) electrons. The highest BCUT2D eigenvalue weighted by Gasteiger charge is 2.53. The number of hydrogen-bond acceptors (Lipinski definition) is 3. The molecule has 0 bridgehead atoms. The topological polar surface area (TPSA) is 31.6 Å². The summed E-state index contributed by atoms with van der Waals surface area (Å²) in [6.07, 6.45) is 0. The summed E-state index contributed by atoms with van der Waals surface area (Å²) in [6.45, 7) is 0. The average molecular weight is 665 g/mol. The Morgan fingerprint density at radius 2 is 0.981 bits per heavy atom. The van der Waals surface area contributed by atoms with Crippen LogP contribution in [-0.4, -0.2) is 0 Å². The minimum absolute atomic E-state index is 0.520. The lowest BCUT2D eigenvalue weighted by atomic mass is 9.70. The number of fused-ring (bicyclic) bond motifs is 16. The van der Waals surface area contributed by atoms with Gasteiger partial charge < -0.3 is 13.9 Å². The second kappa shape index (κ2) is 10.1. The Morgan fingerprint density at radius 1 is 0.346 bits per heavy atom. The van der Waals surface area contributed by atoms with Crippen LogP contribution in [0.2, 0.25) is 0 Å². The molecule has 12 rings (SSSR count). The molecule has 8 aromatic carbocycles. The molecule has 0 saturated carbocycles. The van der Waals surface area contributed by atoms with Gasteiger partial charge in [0, 0.05) is 16.3 Å². The van der Waals surface area contributed by atoms with Crippen LogP contribution >= 0.6 is 0 Å². The largest absolute Gasteiger partial charge is 0.456 e. The molecule has 9 aromatic rings. The van der Waals surface area contributed by atoms with Gasteiger partial charge in [0.1, 0.15) is 11.2 Å². The van der Waals surface area contributed by atoms with Gasteiger partial charge in [-0.15, -0.1) is 0 Å². The van der Waals surface area contributed by atoms with E-state index in [0.717, 1.165) is 61.6 Å². The van der Waals surface area contributed by atoms with Gasteiger partial charge in [-0.05, 0) is 110 Å². The molecule has 2 heterocycles. The summed E-state index contributed by atoms with van der Waals surface area (Å²) in [6, 6.07) is 60.7. The first-order valence-corrected chi connectivity index (χ1v) is 17.7. The maximum Gasteiger partial charge on any atom is 0.178 e. The third kappa shape index (κ3) is 3.59. The Morgan fingerprint density at radius 3 is 1.79 bits per heavy atom. The third-order valence-electron chi connectivity index (χ3n) is 11.4. The molecular weight excluding hydrogens is 637 g/mol. The van der Waals surface area contributed by atoms with Gasteiger partial charge in [-0.3, -0.25) is 0 Å². The van der Waals surface area contributed by atoms with Gasteiger partial charge in [0.25, 0.3) is 0 Å². The third-order valence-corrected chi connectivity index (χ3v) is 11.4. The quantitative estimate of drug-likeness (QED) is 0.184. The van der Waals surface area contributed by atoms with Crippen molar-refractivity contribution in [2.75, 3.05) is 0 Å². The lowest BCUT2D eigenvalue weighted by molar-refractivity contribution is 0.360. The lowest BCUT2D eigenvalue weighted by Gasteiger charge is -2.31. The van der Waals surface area contributed by atoms with E-state index in [0.29, 0.717) is 0 Å². The maximum atomic E-state index is 6.76. The summed E-state index contributed by atoms with van der Waals surface area (Å²) in [5.74, 6) is 2.97. The van der Waals surface area contributed by atoms with Gasteiger partial charge in [0.15, 0.2) is 23.0 Å². The Bertz CT molecular complexity index is 2940. The molecule has 52 heavy (non-hydrogen) atoms. The van der Waals surface area contributed by atoms with Gasteiger partial charge >= 0.3 is 0 Å². The summed E-state index contributed by atoms with van der Waals surface area (Å²) in [7, 11) is 0. The molecule has 3 aliphatic rings. The molecule has 0 saturated heterocycles. The van der Waals surface area contributed by atoms with Gasteiger partial charge in [0.05, 0.1) is 5.41 Å². The van der Waals surface area contributed by atoms with Crippen LogP contribution < -0.4 is 9.47 Å². The smallest absolute Gasteiger partial charge is 0.178 e. The molecule has 1 spiro atoms. The summed E-state index contributed by atoms with van der Waals surface area (Å²) in [5, 5.41) is 2.27. The number of benzene rings is 8. The van der Waals surface area contributed by atoms with Crippen molar-refractivity contribution in [3.63, 3.8) is 0 Å². The highest BCUT2D eigenvalue weighted by atomic mass is 16.6. The van der Waals surface area contributed by atoms with Crippen molar-refractivity contribution in [3.05, 3.63) is 192 Å². The zero-order valence-electron chi connectivity index (χ0n) is 27.9. The molecule has 3 nitrogen and oxygen atoms in total. The minimum Gasteiger partial charge on any atom is -0.456 e. The van der Waals surface area contributed by atoms with Crippen LogP contribution in [0.1, 0.15) is 22.3 Å². The second-order valence-corrected chi connectivity index (χ2v) is 14.0. The number of ether oxygens (including phenoxy) is 2. The predicted octanol–water partition coefficient (Wildman–Crippen LogP) is 13.2. The van der Waals surface area contributed by atoms with Crippen molar-refractivity contribution in [2.24, 2.45) is 0 Å². The monoisotopic (exact) mass is 664 g/mol. The fourth-order valence-electron chi connectivity index (χ4n) is 9.17. The van der Waals surface area contributed by atoms with Crippen LogP contribution in [0, 0.1) is 0 Å². The Labute approximate surface area is 300 Å². The standard InChI is InChI=1S/C49H28O3/c1-4-15-38-33(12-1)34-13-2-5-16-39(34)49(38)40-23-25-46-48(52-45-19-8-7-18-44(45)51-46)47(40)36-22-20-32(28-41(36)49)30-11-9-10-29(26-30)31-21-24-43-37(27-31)35-14-3-6-17-42(35)50-43/h1-28H. The molecule has 3 heteroatoms. The fraction of sp³-hybridized carbons (Fsp3) is 0.0204. The second-order valence-electron chi connectivity index (χ2n) is 14.0. The summed E-state index contributed by atoms with van der Waals surface area (Å²) in [4.78, 5) is 0. The summed E-state index contributed by atoms with van der Waals surface area (Å²) in [5.41, 5.74) is 15.8. The molecule has 0 atom stereocenters. The van der Waals surface area contributed by atoms with Gasteiger partial charge in [0.2, 0.25) is 0 Å². The maximum absolute atomic E-state index is 6.76. The Kier molecular flexibility index (Phi) is 5.43. The van der Waals surface area contributed by atoms with E-state index in [9.17, 15) is 0 Å². The highest BCUT2D eigenvalue weighted by Crippen LogP contribution is 2.66. The highest BCUT2D eigenvalue weighted by molar-refractivity contribution is 6.06. The molecule has 1 aliphatic heterocycles. The van der Waals surface area contributed by atoms with Gasteiger partial charge in [-0.2, -0.15) is 0 Å². The first-order valence-electron chi connectivity index (χ1n) is 17.7. The van der Waals surface area contributed by atoms with Crippen molar-refractivity contribution in [3.8, 4) is 67.5 Å². The fourth-order valence-corrected chi connectivity index (χ4v) is 9.17. The Hall–Kier alpha value is -6.84. The first kappa shape index (κ1) is 27.9. The number of rotatable bonds is 2. The number of para-hydroxylation sites is 3. The van der Waals surface area contributed by atoms with E-state index in [1.165, 1.54) is 50.1 Å². The summed E-state index contributed by atoms with van der Waals surface area (Å²) >= 11 is 0. The van der Waals surface area contributed by atoms with E-state index in [4.69, 9.17) is 13.9 Å². The van der Waals surface area contributed by atoms with Crippen LogP contribution in [0.4, 0.5) is 0 Å². The van der Waals surface area contributed by atoms with Crippen molar-refractivity contribution < 1.29 is 13.9 Å². The number of hydrogen-bond donors (Lipinski definition) is 0. The van der Waals surface area contributed by atoms with Crippen LogP contribution in [0.5, 0.6) is 23.0 Å². The molecular formula is C49H28O3. The Balaban J connectivity index is 1.08. The van der Waals surface area contributed by atoms with Crippen molar-refractivity contribution in [1.29, 1.82) is 0 Å². The van der Waals surface area contributed by atoms with Crippen LogP contribution in [-0.2, 0) is 5.41 Å². The van der Waals surface area contributed by atoms with E-state index >= 15 is 0 Å². The molecule has 0 amide bonds. The summed E-state index contributed by atoms with van der Waals surface area (Å²) < 4.78 is 19.4. The van der Waals surface area contributed by atoms with Crippen LogP contribution in [0.15, 0.2) is 174 Å². The molecule has 2 aliphatic carbocycles. The van der Waals surface area contributed by atoms with Crippen molar-refractivity contribution in [2.45, 2.75) is 5.41 Å². The molecule has 0 fully saturated rings. The van der Waals surface area contributed by atoms with E-state index in [2.05, 4.69) is 133 Å². The average Bonchev–Trinajstić information content (AvgIpc) is 3.83. The molecule has 1 aromatic heterocycles. The van der Waals surface area contributed by atoms with Crippen molar-refractivity contribution >= 4 is 21.9 Å². The molecule has 0 unspecified atom stereocenters. The van der Waals surface area contributed by atoms with E-state index in [1.807, 2.05) is 36.4 Å². The van der Waals surface area contributed by atoms with Gasteiger partial charge in [-0.25, -0.2) is 0 Å². The van der Waals surface area contributed by atoms with E-state index < -0.39 is 5.41 Å². The normalized spacial score (nSPS) is 13.8. The minimum atomic E-state index is -0.520. The van der Waals surface area contributed by atoms with Crippen LogP contribution in [0.3, 0.4) is 0 Å². The molecule has 242 valence electrons. The van der Waals surface area contributed by atoms with Gasteiger partial charge in [-0.1, -0.05) is 121 Å². The zero-order valence-corrected chi connectivity index (χ0v) is 27.9. The van der Waals surface area contributed by atoms with E-state index in [1.54, 1.807) is 0 Å². The number of furan rings is 1. The van der Waals surface area contributed by atoms with E-state index in [-0.39, 0.29) is 0 Å². The zero-order chi connectivity index (χ0) is 34.0. The SMILES string of the molecule is c1cc(-c2ccc3c(c2)C2(c4ccccc4-c4ccccc42)c2ccc4c(c2-3)Oc2ccccc2O4)cc(-c2ccc3oc4ccccc4c3c2)c1. The molecule has 0 N–H and O–H groups in total. The first-order chi connectivity index (χ1) is 25.8. The van der Waals surface area contributed by atoms with Crippen molar-refractivity contribution in [1.82, 2.24) is 0 Å². The lowest BCUT2D eigenvalue weighted by Crippen LogP contribution is -2.26. The van der Waals surface area contributed by atoms with Crippen LogP contribution in [0.25, 0.3) is 66.4 Å².